The van der Waals surface area contributed by atoms with Gasteiger partial charge in [-0.2, -0.15) is 4.98 Å². The summed E-state index contributed by atoms with van der Waals surface area (Å²) in [7, 11) is 1.67. The molecule has 0 atom stereocenters. The summed E-state index contributed by atoms with van der Waals surface area (Å²) in [6.07, 6.45) is 4.05. The maximum atomic E-state index is 11.0. The second kappa shape index (κ2) is 6.47. The van der Waals surface area contributed by atoms with Crippen molar-refractivity contribution in [1.82, 2.24) is 9.97 Å². The third-order valence-electron chi connectivity index (χ3n) is 3.27. The van der Waals surface area contributed by atoms with Crippen molar-refractivity contribution in [3.05, 3.63) is 16.3 Å². The second-order valence-corrected chi connectivity index (χ2v) is 4.78. The number of nitrogens with one attached hydrogen (secondary N) is 2. The SMILES string of the molecule is CCCNc1ncc([N+](=O)[O-])c(NC2CC(OC)C2)n1. The smallest absolute Gasteiger partial charge is 0.329 e. The van der Waals surface area contributed by atoms with Crippen LogP contribution in [0.2, 0.25) is 0 Å². The number of rotatable bonds is 7. The second-order valence-electron chi connectivity index (χ2n) is 4.78. The fourth-order valence-corrected chi connectivity index (χ4v) is 2.01. The number of hydrogen-bond acceptors (Lipinski definition) is 7. The Morgan fingerprint density at radius 2 is 2.30 bits per heavy atom. The van der Waals surface area contributed by atoms with E-state index >= 15 is 0 Å². The number of nitro groups is 1. The van der Waals surface area contributed by atoms with Crippen LogP contribution in [0.3, 0.4) is 0 Å². The lowest BCUT2D eigenvalue weighted by Gasteiger charge is -2.34. The third-order valence-corrected chi connectivity index (χ3v) is 3.27. The van der Waals surface area contributed by atoms with Crippen LogP contribution >= 0.6 is 0 Å². The van der Waals surface area contributed by atoms with Gasteiger partial charge in [-0.05, 0) is 19.3 Å². The largest absolute Gasteiger partial charge is 0.381 e. The fourth-order valence-electron chi connectivity index (χ4n) is 2.01. The zero-order valence-corrected chi connectivity index (χ0v) is 11.6. The molecule has 0 aromatic carbocycles. The molecule has 110 valence electrons. The van der Waals surface area contributed by atoms with Gasteiger partial charge in [-0.15, -0.1) is 0 Å². The molecule has 0 bridgehead atoms. The van der Waals surface area contributed by atoms with E-state index in [1.165, 1.54) is 6.20 Å². The van der Waals surface area contributed by atoms with Gasteiger partial charge in [-0.25, -0.2) is 4.98 Å². The number of ether oxygens (including phenoxy) is 1. The highest BCUT2D eigenvalue weighted by molar-refractivity contribution is 5.57. The number of hydrogen-bond donors (Lipinski definition) is 2. The molecule has 1 aromatic heterocycles. The van der Waals surface area contributed by atoms with Crippen LogP contribution in [0, 0.1) is 10.1 Å². The first kappa shape index (κ1) is 14.4. The Labute approximate surface area is 117 Å². The lowest BCUT2D eigenvalue weighted by molar-refractivity contribution is -0.384. The molecule has 0 saturated heterocycles. The van der Waals surface area contributed by atoms with E-state index in [-0.39, 0.29) is 23.7 Å². The van der Waals surface area contributed by atoms with E-state index in [1.54, 1.807) is 7.11 Å². The monoisotopic (exact) mass is 281 g/mol. The van der Waals surface area contributed by atoms with Gasteiger partial charge >= 0.3 is 5.69 Å². The van der Waals surface area contributed by atoms with Crippen LogP contribution in [0.5, 0.6) is 0 Å². The average molecular weight is 281 g/mol. The predicted molar refractivity (Wildman–Crippen MR) is 74.9 cm³/mol. The van der Waals surface area contributed by atoms with E-state index in [0.717, 1.165) is 25.8 Å². The normalized spacial score (nSPS) is 21.1. The lowest BCUT2D eigenvalue weighted by Crippen LogP contribution is -2.40. The molecule has 2 N–H and O–H groups in total. The molecule has 1 heterocycles. The summed E-state index contributed by atoms with van der Waals surface area (Å²) in [6.45, 7) is 2.75. The van der Waals surface area contributed by atoms with Crippen LogP contribution in [0.15, 0.2) is 6.20 Å². The molecule has 1 aromatic rings. The zero-order valence-electron chi connectivity index (χ0n) is 11.6. The molecule has 0 aliphatic heterocycles. The van der Waals surface area contributed by atoms with E-state index in [9.17, 15) is 10.1 Å². The molecule has 0 spiro atoms. The first-order valence-corrected chi connectivity index (χ1v) is 6.68. The number of aromatic nitrogens is 2. The number of nitrogens with zero attached hydrogens (tertiary/aromatic N) is 3. The molecule has 0 unspecified atom stereocenters. The van der Waals surface area contributed by atoms with Gasteiger partial charge in [0, 0.05) is 19.7 Å². The van der Waals surface area contributed by atoms with E-state index in [4.69, 9.17) is 4.74 Å². The van der Waals surface area contributed by atoms with Crippen molar-refractivity contribution in [2.24, 2.45) is 0 Å². The van der Waals surface area contributed by atoms with E-state index in [1.807, 2.05) is 6.92 Å². The Balaban J connectivity index is 2.08. The molecule has 20 heavy (non-hydrogen) atoms. The van der Waals surface area contributed by atoms with E-state index in [2.05, 4.69) is 20.6 Å². The Morgan fingerprint density at radius 3 is 2.90 bits per heavy atom. The van der Waals surface area contributed by atoms with Crippen molar-refractivity contribution < 1.29 is 9.66 Å². The highest BCUT2D eigenvalue weighted by Gasteiger charge is 2.31. The molecule has 8 heteroatoms. The molecule has 0 amide bonds. The summed E-state index contributed by atoms with van der Waals surface area (Å²) in [5, 5.41) is 17.1. The first-order chi connectivity index (χ1) is 9.63. The van der Waals surface area contributed by atoms with Crippen LogP contribution in [0.1, 0.15) is 26.2 Å². The van der Waals surface area contributed by atoms with Crippen LogP contribution in [0.4, 0.5) is 17.5 Å². The quantitative estimate of drug-likeness (QED) is 0.580. The predicted octanol–water partition coefficient (Wildman–Crippen LogP) is 1.80. The number of methoxy groups -OCH3 is 1. The van der Waals surface area contributed by atoms with Crippen LogP contribution < -0.4 is 10.6 Å². The van der Waals surface area contributed by atoms with Crippen molar-refractivity contribution in [2.75, 3.05) is 24.3 Å². The maximum absolute atomic E-state index is 11.0. The molecule has 1 fully saturated rings. The van der Waals surface area contributed by atoms with Gasteiger partial charge in [-0.3, -0.25) is 10.1 Å². The molecule has 2 rings (SSSR count). The highest BCUT2D eigenvalue weighted by Crippen LogP contribution is 2.29. The van der Waals surface area contributed by atoms with Gasteiger partial charge in [0.1, 0.15) is 6.20 Å². The van der Waals surface area contributed by atoms with Crippen molar-refractivity contribution >= 4 is 17.5 Å². The average Bonchev–Trinajstić information content (AvgIpc) is 2.39. The van der Waals surface area contributed by atoms with Crippen molar-refractivity contribution in [2.45, 2.75) is 38.3 Å². The van der Waals surface area contributed by atoms with E-state index in [0.29, 0.717) is 5.95 Å². The summed E-state index contributed by atoms with van der Waals surface area (Å²) < 4.78 is 5.19. The molecule has 1 saturated carbocycles. The Morgan fingerprint density at radius 1 is 1.55 bits per heavy atom. The maximum Gasteiger partial charge on any atom is 0.329 e. The molecule has 1 aliphatic carbocycles. The topological polar surface area (TPSA) is 102 Å². The third kappa shape index (κ3) is 3.32. The first-order valence-electron chi connectivity index (χ1n) is 6.68. The van der Waals surface area contributed by atoms with Crippen LogP contribution in [0.25, 0.3) is 0 Å². The molecular formula is C12H19N5O3. The standard InChI is InChI=1S/C12H19N5O3/c1-3-4-13-12-14-7-10(17(18)19)11(16-12)15-8-5-9(6-8)20-2/h7-9H,3-6H2,1-2H3,(H2,13,14,15,16). The number of anilines is 2. The summed E-state index contributed by atoms with van der Waals surface area (Å²) in [5.74, 6) is 0.672. The summed E-state index contributed by atoms with van der Waals surface area (Å²) >= 11 is 0. The van der Waals surface area contributed by atoms with Crippen LogP contribution in [-0.2, 0) is 4.74 Å². The van der Waals surface area contributed by atoms with Crippen LogP contribution in [-0.4, -0.2) is 40.7 Å². The summed E-state index contributed by atoms with van der Waals surface area (Å²) in [5.41, 5.74) is -0.104. The Kier molecular flexibility index (Phi) is 4.67. The minimum Gasteiger partial charge on any atom is -0.381 e. The van der Waals surface area contributed by atoms with Gasteiger partial charge in [-0.1, -0.05) is 6.92 Å². The zero-order chi connectivity index (χ0) is 14.5. The summed E-state index contributed by atoms with van der Waals surface area (Å²) in [6, 6.07) is 0.160. The minimum absolute atomic E-state index is 0.104. The summed E-state index contributed by atoms with van der Waals surface area (Å²) in [4.78, 5) is 18.7. The van der Waals surface area contributed by atoms with Crippen molar-refractivity contribution in [1.29, 1.82) is 0 Å². The van der Waals surface area contributed by atoms with Gasteiger partial charge < -0.3 is 15.4 Å². The molecule has 1 aliphatic rings. The van der Waals surface area contributed by atoms with E-state index < -0.39 is 4.92 Å². The molecule has 0 radical (unpaired) electrons. The van der Waals surface area contributed by atoms with Crippen molar-refractivity contribution in [3.63, 3.8) is 0 Å². The minimum atomic E-state index is -0.474. The highest BCUT2D eigenvalue weighted by atomic mass is 16.6. The van der Waals surface area contributed by atoms with Gasteiger partial charge in [0.25, 0.3) is 0 Å². The van der Waals surface area contributed by atoms with Gasteiger partial charge in [0.2, 0.25) is 11.8 Å². The van der Waals surface area contributed by atoms with Crippen molar-refractivity contribution in [3.8, 4) is 0 Å². The fraction of sp³-hybridized carbons (Fsp3) is 0.667. The molecule has 8 nitrogen and oxygen atoms in total. The molecular weight excluding hydrogens is 262 g/mol. The Bertz CT molecular complexity index is 476. The lowest BCUT2D eigenvalue weighted by atomic mass is 9.89. The van der Waals surface area contributed by atoms with Gasteiger partial charge in [0.15, 0.2) is 0 Å². The van der Waals surface area contributed by atoms with Gasteiger partial charge in [0.05, 0.1) is 11.0 Å². The Hall–Kier alpha value is -1.96.